The van der Waals surface area contributed by atoms with Crippen molar-refractivity contribution in [3.63, 3.8) is 0 Å². The predicted molar refractivity (Wildman–Crippen MR) is 109 cm³/mol. The fraction of sp³-hybridized carbons (Fsp3) is 0.143. The summed E-state index contributed by atoms with van der Waals surface area (Å²) in [7, 11) is 1.57. The molecule has 27 heavy (non-hydrogen) atoms. The van der Waals surface area contributed by atoms with Crippen LogP contribution in [0.4, 0.5) is 17.1 Å². The van der Waals surface area contributed by atoms with Gasteiger partial charge in [-0.2, -0.15) is 0 Å². The van der Waals surface area contributed by atoms with E-state index >= 15 is 0 Å². The summed E-state index contributed by atoms with van der Waals surface area (Å²) in [6, 6.07) is 13.0. The van der Waals surface area contributed by atoms with Crippen LogP contribution in [0.25, 0.3) is 0 Å². The molecule has 0 spiro atoms. The average Bonchev–Trinajstić information content (AvgIpc) is 2.66. The molecular formula is C21H20ClN3O2. The van der Waals surface area contributed by atoms with E-state index in [0.29, 0.717) is 27.7 Å². The van der Waals surface area contributed by atoms with Crippen molar-refractivity contribution in [2.24, 2.45) is 0 Å². The average molecular weight is 382 g/mol. The number of methoxy groups -OCH3 is 1. The molecule has 1 aromatic heterocycles. The molecule has 0 aliphatic heterocycles. The lowest BCUT2D eigenvalue weighted by Gasteiger charge is -2.13. The molecule has 0 bridgehead atoms. The van der Waals surface area contributed by atoms with E-state index < -0.39 is 0 Å². The number of carbonyl (C=O) groups excluding carboxylic acids is 1. The Morgan fingerprint density at radius 3 is 2.67 bits per heavy atom. The number of rotatable bonds is 5. The van der Waals surface area contributed by atoms with Crippen LogP contribution in [-0.2, 0) is 0 Å². The highest BCUT2D eigenvalue weighted by molar-refractivity contribution is 6.31. The van der Waals surface area contributed by atoms with Crippen LogP contribution in [0, 0.1) is 13.8 Å². The normalized spacial score (nSPS) is 10.4. The van der Waals surface area contributed by atoms with Gasteiger partial charge in [-0.15, -0.1) is 0 Å². The number of hydrogen-bond donors (Lipinski definition) is 2. The maximum absolute atomic E-state index is 12.7. The Labute approximate surface area is 163 Å². The smallest absolute Gasteiger partial charge is 0.257 e. The van der Waals surface area contributed by atoms with Crippen LogP contribution >= 0.6 is 11.6 Å². The topological polar surface area (TPSA) is 63.2 Å². The minimum atomic E-state index is -0.266. The number of hydrogen-bond acceptors (Lipinski definition) is 4. The molecule has 0 atom stereocenters. The Morgan fingerprint density at radius 2 is 1.89 bits per heavy atom. The van der Waals surface area contributed by atoms with Crippen molar-refractivity contribution >= 4 is 34.6 Å². The molecule has 0 radical (unpaired) electrons. The number of anilines is 3. The first-order valence-corrected chi connectivity index (χ1v) is 8.79. The lowest BCUT2D eigenvalue weighted by Crippen LogP contribution is -2.13. The third-order valence-corrected chi connectivity index (χ3v) is 4.56. The Bertz CT molecular complexity index is 989. The van der Waals surface area contributed by atoms with E-state index in [1.54, 1.807) is 19.4 Å². The van der Waals surface area contributed by atoms with Crippen molar-refractivity contribution < 1.29 is 9.53 Å². The summed E-state index contributed by atoms with van der Waals surface area (Å²) in [5.74, 6) is 0.337. The van der Waals surface area contributed by atoms with Gasteiger partial charge in [0.2, 0.25) is 0 Å². The third kappa shape index (κ3) is 4.38. The first-order valence-electron chi connectivity index (χ1n) is 8.41. The SMILES string of the molecule is COc1ccc(C)cc1NC(=O)c1cncc(Nc2cccc(Cl)c2C)c1. The zero-order valence-electron chi connectivity index (χ0n) is 15.3. The highest BCUT2D eigenvalue weighted by atomic mass is 35.5. The fourth-order valence-electron chi connectivity index (χ4n) is 2.64. The number of nitrogens with one attached hydrogen (secondary N) is 2. The molecule has 2 aromatic carbocycles. The van der Waals surface area contributed by atoms with Crippen LogP contribution in [0.5, 0.6) is 5.75 Å². The predicted octanol–water partition coefficient (Wildman–Crippen LogP) is 5.36. The van der Waals surface area contributed by atoms with Gasteiger partial charge in [-0.25, -0.2) is 0 Å². The van der Waals surface area contributed by atoms with Gasteiger partial charge >= 0.3 is 0 Å². The van der Waals surface area contributed by atoms with Crippen LogP contribution in [0.2, 0.25) is 5.02 Å². The van der Waals surface area contributed by atoms with Gasteiger partial charge in [-0.3, -0.25) is 9.78 Å². The number of halogens is 1. The highest BCUT2D eigenvalue weighted by Gasteiger charge is 2.12. The van der Waals surface area contributed by atoms with Crippen molar-refractivity contribution in [1.82, 2.24) is 4.98 Å². The number of aromatic nitrogens is 1. The van der Waals surface area contributed by atoms with Crippen molar-refractivity contribution in [3.05, 3.63) is 76.6 Å². The van der Waals surface area contributed by atoms with Crippen molar-refractivity contribution in [2.75, 3.05) is 17.7 Å². The second kappa shape index (κ2) is 8.10. The Balaban J connectivity index is 1.82. The molecule has 6 heteroatoms. The Hall–Kier alpha value is -3.05. The van der Waals surface area contributed by atoms with E-state index in [-0.39, 0.29) is 5.91 Å². The summed E-state index contributed by atoms with van der Waals surface area (Å²) >= 11 is 6.16. The van der Waals surface area contributed by atoms with Gasteiger partial charge in [-0.1, -0.05) is 23.7 Å². The number of benzene rings is 2. The highest BCUT2D eigenvalue weighted by Crippen LogP contribution is 2.27. The van der Waals surface area contributed by atoms with Gasteiger partial charge in [0.05, 0.1) is 30.2 Å². The van der Waals surface area contributed by atoms with Crippen LogP contribution < -0.4 is 15.4 Å². The van der Waals surface area contributed by atoms with Crippen molar-refractivity contribution in [3.8, 4) is 5.75 Å². The molecule has 3 aromatic rings. The largest absolute Gasteiger partial charge is 0.495 e. The van der Waals surface area contributed by atoms with E-state index in [2.05, 4.69) is 15.6 Å². The first kappa shape index (κ1) is 18.7. The van der Waals surface area contributed by atoms with Gasteiger partial charge in [0.15, 0.2) is 0 Å². The summed E-state index contributed by atoms with van der Waals surface area (Å²) in [5.41, 5.74) is 4.57. The fourth-order valence-corrected chi connectivity index (χ4v) is 2.82. The Morgan fingerprint density at radius 1 is 1.07 bits per heavy atom. The standard InChI is InChI=1S/C21H20ClN3O2/c1-13-7-8-20(27-3)19(9-13)25-21(26)15-10-16(12-23-11-15)24-18-6-4-5-17(22)14(18)2/h4-12,24H,1-3H3,(H,25,26). The molecule has 0 aliphatic carbocycles. The quantitative estimate of drug-likeness (QED) is 0.624. The maximum Gasteiger partial charge on any atom is 0.257 e. The van der Waals surface area contributed by atoms with E-state index in [9.17, 15) is 4.79 Å². The molecular weight excluding hydrogens is 362 g/mol. The van der Waals surface area contributed by atoms with E-state index in [0.717, 1.165) is 16.8 Å². The van der Waals surface area contributed by atoms with Crippen LogP contribution in [-0.4, -0.2) is 18.0 Å². The summed E-state index contributed by atoms with van der Waals surface area (Å²) in [6.07, 6.45) is 3.18. The molecule has 0 saturated carbocycles. The zero-order chi connectivity index (χ0) is 19.4. The molecule has 0 saturated heterocycles. The second-order valence-corrected chi connectivity index (χ2v) is 6.56. The van der Waals surface area contributed by atoms with Crippen LogP contribution in [0.15, 0.2) is 54.9 Å². The number of carbonyl (C=O) groups is 1. The maximum atomic E-state index is 12.7. The molecule has 1 amide bonds. The van der Waals surface area contributed by atoms with Crippen molar-refractivity contribution in [2.45, 2.75) is 13.8 Å². The molecule has 0 fully saturated rings. The zero-order valence-corrected chi connectivity index (χ0v) is 16.1. The summed E-state index contributed by atoms with van der Waals surface area (Å²) in [4.78, 5) is 16.8. The minimum Gasteiger partial charge on any atom is -0.495 e. The van der Waals surface area contributed by atoms with Crippen LogP contribution in [0.1, 0.15) is 21.5 Å². The van der Waals surface area contributed by atoms with E-state index in [4.69, 9.17) is 16.3 Å². The summed E-state index contributed by atoms with van der Waals surface area (Å²) < 4.78 is 5.31. The van der Waals surface area contributed by atoms with Gasteiger partial charge in [0.25, 0.3) is 5.91 Å². The monoisotopic (exact) mass is 381 g/mol. The summed E-state index contributed by atoms with van der Waals surface area (Å²) in [6.45, 7) is 3.88. The molecule has 3 rings (SSSR count). The van der Waals surface area contributed by atoms with E-state index in [1.807, 2.05) is 50.2 Å². The second-order valence-electron chi connectivity index (χ2n) is 6.16. The minimum absolute atomic E-state index is 0.266. The van der Waals surface area contributed by atoms with Gasteiger partial charge in [0.1, 0.15) is 5.75 Å². The number of pyridine rings is 1. The van der Waals surface area contributed by atoms with Gasteiger partial charge in [0, 0.05) is 16.9 Å². The number of nitrogens with zero attached hydrogens (tertiary/aromatic N) is 1. The number of aryl methyl sites for hydroxylation is 1. The lowest BCUT2D eigenvalue weighted by molar-refractivity contribution is 0.102. The third-order valence-electron chi connectivity index (χ3n) is 4.15. The van der Waals surface area contributed by atoms with Crippen molar-refractivity contribution in [1.29, 1.82) is 0 Å². The lowest BCUT2D eigenvalue weighted by atomic mass is 10.1. The molecule has 0 aliphatic rings. The molecule has 2 N–H and O–H groups in total. The molecule has 138 valence electrons. The van der Waals surface area contributed by atoms with Crippen LogP contribution in [0.3, 0.4) is 0 Å². The Kier molecular flexibility index (Phi) is 5.62. The molecule has 1 heterocycles. The molecule has 0 unspecified atom stereocenters. The molecule has 5 nitrogen and oxygen atoms in total. The first-order chi connectivity index (χ1) is 13.0. The summed E-state index contributed by atoms with van der Waals surface area (Å²) in [5, 5.41) is 6.80. The van der Waals surface area contributed by atoms with Gasteiger partial charge < -0.3 is 15.4 Å². The number of ether oxygens (including phenoxy) is 1. The van der Waals surface area contributed by atoms with E-state index in [1.165, 1.54) is 6.20 Å². The number of amides is 1. The van der Waals surface area contributed by atoms with Gasteiger partial charge in [-0.05, 0) is 55.3 Å².